The Kier molecular flexibility index (Phi) is 4.35. The molecule has 5 rings (SSSR count). The first-order valence-electron chi connectivity index (χ1n) is 9.74. The molecule has 29 heavy (non-hydrogen) atoms. The molecule has 0 spiro atoms. The van der Waals surface area contributed by atoms with Gasteiger partial charge in [0.25, 0.3) is 0 Å². The monoisotopic (exact) mass is 385 g/mol. The minimum Gasteiger partial charge on any atom is -0.323 e. The minimum absolute atomic E-state index is 0.00977. The summed E-state index contributed by atoms with van der Waals surface area (Å²) in [4.78, 5) is 19.4. The van der Waals surface area contributed by atoms with Gasteiger partial charge in [-0.15, -0.1) is 0 Å². The standard InChI is InChI=1S/C24H20FN3O/c25-19-12-10-17(11-13-19)15-28-22-9-5-4-8-21(22)26-24(28)18-14-23(29)27(16-18)20-6-2-1-3-7-20/h1-13,18H,14-16H2. The maximum Gasteiger partial charge on any atom is 0.227 e. The van der Waals surface area contributed by atoms with Crippen LogP contribution in [0.5, 0.6) is 0 Å². The number of rotatable bonds is 4. The van der Waals surface area contributed by atoms with Crippen LogP contribution < -0.4 is 4.90 Å². The van der Waals surface area contributed by atoms with E-state index >= 15 is 0 Å². The summed E-state index contributed by atoms with van der Waals surface area (Å²) < 4.78 is 15.5. The Labute approximate surface area is 168 Å². The van der Waals surface area contributed by atoms with Gasteiger partial charge in [0.1, 0.15) is 11.6 Å². The van der Waals surface area contributed by atoms with E-state index in [9.17, 15) is 9.18 Å². The lowest BCUT2D eigenvalue weighted by Crippen LogP contribution is -2.24. The Morgan fingerprint density at radius 3 is 2.45 bits per heavy atom. The summed E-state index contributed by atoms with van der Waals surface area (Å²) in [6.45, 7) is 1.20. The summed E-state index contributed by atoms with van der Waals surface area (Å²) in [7, 11) is 0. The van der Waals surface area contributed by atoms with E-state index in [0.717, 1.165) is 28.1 Å². The summed E-state index contributed by atoms with van der Waals surface area (Å²) in [6.07, 6.45) is 0.432. The second kappa shape index (κ2) is 7.17. The molecule has 1 aromatic heterocycles. The summed E-state index contributed by atoms with van der Waals surface area (Å²) in [5, 5.41) is 0. The molecular weight excluding hydrogens is 365 g/mol. The molecule has 1 fully saturated rings. The molecule has 144 valence electrons. The third kappa shape index (κ3) is 3.29. The third-order valence-electron chi connectivity index (χ3n) is 5.50. The van der Waals surface area contributed by atoms with Gasteiger partial charge in [-0.25, -0.2) is 9.37 Å². The Balaban J connectivity index is 1.53. The zero-order chi connectivity index (χ0) is 19.8. The number of nitrogens with zero attached hydrogens (tertiary/aromatic N) is 3. The lowest BCUT2D eigenvalue weighted by Gasteiger charge is -2.17. The zero-order valence-corrected chi connectivity index (χ0v) is 15.8. The fourth-order valence-electron chi connectivity index (χ4n) is 4.08. The third-order valence-corrected chi connectivity index (χ3v) is 5.50. The van der Waals surface area contributed by atoms with Crippen molar-refractivity contribution in [2.75, 3.05) is 11.4 Å². The first kappa shape index (κ1) is 17.6. The Morgan fingerprint density at radius 1 is 0.931 bits per heavy atom. The van der Waals surface area contributed by atoms with E-state index in [1.165, 1.54) is 12.1 Å². The van der Waals surface area contributed by atoms with Gasteiger partial charge in [-0.2, -0.15) is 0 Å². The van der Waals surface area contributed by atoms with Gasteiger partial charge in [0, 0.05) is 31.1 Å². The molecule has 1 amide bonds. The number of hydrogen-bond acceptors (Lipinski definition) is 2. The molecule has 0 saturated carbocycles. The number of halogens is 1. The van der Waals surface area contributed by atoms with Gasteiger partial charge in [-0.3, -0.25) is 4.79 Å². The first-order valence-corrected chi connectivity index (χ1v) is 9.74. The van der Waals surface area contributed by atoms with E-state index in [0.29, 0.717) is 19.5 Å². The fourth-order valence-corrected chi connectivity index (χ4v) is 4.08. The summed E-state index contributed by atoms with van der Waals surface area (Å²) in [5.41, 5.74) is 3.86. The highest BCUT2D eigenvalue weighted by molar-refractivity contribution is 5.96. The minimum atomic E-state index is -0.246. The number of benzene rings is 3. The summed E-state index contributed by atoms with van der Waals surface area (Å²) in [5.74, 6) is 0.781. The summed E-state index contributed by atoms with van der Waals surface area (Å²) >= 11 is 0. The number of hydrogen-bond donors (Lipinski definition) is 0. The van der Waals surface area contributed by atoms with E-state index < -0.39 is 0 Å². The van der Waals surface area contributed by atoms with Crippen molar-refractivity contribution in [3.63, 3.8) is 0 Å². The molecular formula is C24H20FN3O. The zero-order valence-electron chi connectivity index (χ0n) is 15.8. The second-order valence-corrected chi connectivity index (χ2v) is 7.41. The predicted octanol–water partition coefficient (Wildman–Crippen LogP) is 4.74. The van der Waals surface area contributed by atoms with E-state index in [-0.39, 0.29) is 17.6 Å². The molecule has 1 atom stereocenters. The Hall–Kier alpha value is -3.47. The number of carbonyl (C=O) groups excluding carboxylic acids is 1. The van der Waals surface area contributed by atoms with Crippen LogP contribution in [0.15, 0.2) is 78.9 Å². The molecule has 1 unspecified atom stereocenters. The van der Waals surface area contributed by atoms with E-state index in [1.54, 1.807) is 12.1 Å². The molecule has 5 heteroatoms. The SMILES string of the molecule is O=C1CC(c2nc3ccccc3n2Cc2ccc(F)cc2)CN1c1ccccc1. The topological polar surface area (TPSA) is 38.1 Å². The maximum atomic E-state index is 13.3. The van der Waals surface area contributed by atoms with Crippen molar-refractivity contribution < 1.29 is 9.18 Å². The molecule has 2 heterocycles. The van der Waals surface area contributed by atoms with Crippen LogP contribution in [-0.2, 0) is 11.3 Å². The van der Waals surface area contributed by atoms with Gasteiger partial charge in [0.2, 0.25) is 5.91 Å². The number of amides is 1. The Morgan fingerprint density at radius 2 is 1.66 bits per heavy atom. The van der Waals surface area contributed by atoms with Crippen LogP contribution in [-0.4, -0.2) is 22.0 Å². The molecule has 1 aliphatic rings. The molecule has 0 radical (unpaired) electrons. The van der Waals surface area contributed by atoms with E-state index in [4.69, 9.17) is 4.98 Å². The van der Waals surface area contributed by atoms with Crippen LogP contribution in [0.3, 0.4) is 0 Å². The number of imidazole rings is 1. The average molecular weight is 385 g/mol. The molecule has 1 saturated heterocycles. The normalized spacial score (nSPS) is 16.7. The lowest BCUT2D eigenvalue weighted by atomic mass is 10.1. The second-order valence-electron chi connectivity index (χ2n) is 7.41. The highest BCUT2D eigenvalue weighted by Crippen LogP contribution is 2.33. The largest absolute Gasteiger partial charge is 0.323 e. The van der Waals surface area contributed by atoms with Crippen LogP contribution in [0.1, 0.15) is 23.7 Å². The number of anilines is 1. The summed E-state index contributed by atoms with van der Waals surface area (Å²) in [6, 6.07) is 24.3. The van der Waals surface area contributed by atoms with Crippen molar-refractivity contribution in [1.82, 2.24) is 9.55 Å². The number of aromatic nitrogens is 2. The van der Waals surface area contributed by atoms with E-state index in [2.05, 4.69) is 4.57 Å². The van der Waals surface area contributed by atoms with Gasteiger partial charge in [-0.05, 0) is 42.0 Å². The van der Waals surface area contributed by atoms with Gasteiger partial charge in [0.15, 0.2) is 0 Å². The van der Waals surface area contributed by atoms with Crippen molar-refractivity contribution in [3.05, 3.63) is 96.1 Å². The average Bonchev–Trinajstić information content (AvgIpc) is 3.31. The van der Waals surface area contributed by atoms with Crippen molar-refractivity contribution >= 4 is 22.6 Å². The maximum absolute atomic E-state index is 13.3. The van der Waals surface area contributed by atoms with Crippen LogP contribution in [0.25, 0.3) is 11.0 Å². The molecule has 4 nitrogen and oxygen atoms in total. The van der Waals surface area contributed by atoms with Crippen LogP contribution in [0.2, 0.25) is 0 Å². The number of para-hydroxylation sites is 3. The van der Waals surface area contributed by atoms with Crippen molar-refractivity contribution in [1.29, 1.82) is 0 Å². The molecule has 1 aliphatic heterocycles. The van der Waals surface area contributed by atoms with Crippen molar-refractivity contribution in [2.24, 2.45) is 0 Å². The lowest BCUT2D eigenvalue weighted by molar-refractivity contribution is -0.117. The fraction of sp³-hybridized carbons (Fsp3) is 0.167. The molecule has 4 aromatic rings. The van der Waals surface area contributed by atoms with Crippen molar-refractivity contribution in [3.8, 4) is 0 Å². The first-order chi connectivity index (χ1) is 14.2. The molecule has 0 N–H and O–H groups in total. The van der Waals surface area contributed by atoms with E-state index in [1.807, 2.05) is 59.5 Å². The number of carbonyl (C=O) groups is 1. The van der Waals surface area contributed by atoms with Crippen LogP contribution >= 0.6 is 0 Å². The number of fused-ring (bicyclic) bond motifs is 1. The molecule has 0 bridgehead atoms. The predicted molar refractivity (Wildman–Crippen MR) is 111 cm³/mol. The van der Waals surface area contributed by atoms with Gasteiger partial charge in [-0.1, -0.05) is 42.5 Å². The van der Waals surface area contributed by atoms with Crippen LogP contribution in [0, 0.1) is 5.82 Å². The molecule has 3 aromatic carbocycles. The highest BCUT2D eigenvalue weighted by atomic mass is 19.1. The quantitative estimate of drug-likeness (QED) is 0.509. The highest BCUT2D eigenvalue weighted by Gasteiger charge is 2.34. The smallest absolute Gasteiger partial charge is 0.227 e. The van der Waals surface area contributed by atoms with Crippen molar-refractivity contribution in [2.45, 2.75) is 18.9 Å². The Bertz CT molecular complexity index is 1170. The van der Waals surface area contributed by atoms with Gasteiger partial charge < -0.3 is 9.47 Å². The van der Waals surface area contributed by atoms with Gasteiger partial charge >= 0.3 is 0 Å². The molecule has 0 aliphatic carbocycles. The van der Waals surface area contributed by atoms with Gasteiger partial charge in [0.05, 0.1) is 11.0 Å². The van der Waals surface area contributed by atoms with Crippen LogP contribution in [0.4, 0.5) is 10.1 Å².